The van der Waals surface area contributed by atoms with Crippen LogP contribution in [0.15, 0.2) is 46.2 Å². The van der Waals surface area contributed by atoms with Gasteiger partial charge in [-0.1, -0.05) is 0 Å². The van der Waals surface area contributed by atoms with E-state index in [1.165, 1.54) is 4.70 Å². The highest BCUT2D eigenvalue weighted by Gasteiger charge is 2.25. The van der Waals surface area contributed by atoms with Crippen molar-refractivity contribution in [2.24, 2.45) is 0 Å². The Balaban J connectivity index is 1.48. The summed E-state index contributed by atoms with van der Waals surface area (Å²) in [6.07, 6.45) is 0. The zero-order valence-corrected chi connectivity index (χ0v) is 15.6. The van der Waals surface area contributed by atoms with Gasteiger partial charge >= 0.3 is 0 Å². The molecule has 136 valence electrons. The second kappa shape index (κ2) is 7.61. The molecule has 0 bridgehead atoms. The van der Waals surface area contributed by atoms with Crippen molar-refractivity contribution >= 4 is 27.3 Å². The molecule has 0 radical (unpaired) electrons. The number of ether oxygens (including phenoxy) is 1. The first kappa shape index (κ1) is 17.3. The number of carbonyl (C=O) groups excluding carboxylic acids is 1. The van der Waals surface area contributed by atoms with Crippen molar-refractivity contribution in [1.29, 1.82) is 0 Å². The van der Waals surface area contributed by atoms with Crippen LogP contribution in [0.25, 0.3) is 10.1 Å². The third kappa shape index (κ3) is 3.67. The Hall–Kier alpha value is -2.15. The van der Waals surface area contributed by atoms with E-state index >= 15 is 0 Å². The van der Waals surface area contributed by atoms with Crippen LogP contribution < -0.4 is 5.32 Å². The van der Waals surface area contributed by atoms with Gasteiger partial charge < -0.3 is 14.5 Å². The van der Waals surface area contributed by atoms with Crippen LogP contribution in [0.2, 0.25) is 0 Å². The number of amides is 1. The van der Waals surface area contributed by atoms with Gasteiger partial charge in [-0.2, -0.15) is 0 Å². The van der Waals surface area contributed by atoms with Crippen molar-refractivity contribution in [3.8, 4) is 0 Å². The second-order valence-corrected chi connectivity index (χ2v) is 7.44. The summed E-state index contributed by atoms with van der Waals surface area (Å²) in [6.45, 7) is 5.53. The normalized spacial score (nSPS) is 16.7. The Morgan fingerprint density at radius 3 is 2.85 bits per heavy atom. The van der Waals surface area contributed by atoms with Gasteiger partial charge in [0.1, 0.15) is 11.5 Å². The van der Waals surface area contributed by atoms with Crippen LogP contribution in [0, 0.1) is 6.92 Å². The number of furan rings is 1. The lowest BCUT2D eigenvalue weighted by Gasteiger charge is -2.33. The quantitative estimate of drug-likeness (QED) is 0.745. The lowest BCUT2D eigenvalue weighted by atomic mass is 10.1. The van der Waals surface area contributed by atoms with E-state index in [0.717, 1.165) is 30.0 Å². The molecule has 1 fully saturated rings. The maximum absolute atomic E-state index is 12.7. The molecule has 1 N–H and O–H groups in total. The van der Waals surface area contributed by atoms with Crippen LogP contribution >= 0.6 is 11.3 Å². The number of rotatable bonds is 5. The lowest BCUT2D eigenvalue weighted by molar-refractivity contribution is 0.0117. The molecule has 1 amide bonds. The van der Waals surface area contributed by atoms with Gasteiger partial charge in [0.2, 0.25) is 0 Å². The standard InChI is InChI=1S/C20H22N2O3S/c1-14-2-4-18(25-14)17(22-7-9-24-10-8-22)13-21-20(23)16-3-5-19-15(12-16)6-11-26-19/h2-6,11-12,17H,7-10,13H2,1H3,(H,21,23). The summed E-state index contributed by atoms with van der Waals surface area (Å²) >= 11 is 1.68. The maximum Gasteiger partial charge on any atom is 0.251 e. The Morgan fingerprint density at radius 2 is 2.08 bits per heavy atom. The van der Waals surface area contributed by atoms with E-state index in [9.17, 15) is 4.79 Å². The zero-order chi connectivity index (χ0) is 17.9. The molecule has 2 aromatic heterocycles. The van der Waals surface area contributed by atoms with E-state index in [1.54, 1.807) is 11.3 Å². The highest BCUT2D eigenvalue weighted by atomic mass is 32.1. The fourth-order valence-electron chi connectivity index (χ4n) is 3.33. The highest BCUT2D eigenvalue weighted by molar-refractivity contribution is 7.17. The molecule has 4 rings (SSSR count). The number of benzene rings is 1. The smallest absolute Gasteiger partial charge is 0.251 e. The SMILES string of the molecule is Cc1ccc(C(CNC(=O)c2ccc3sccc3c2)N2CCOCC2)o1. The van der Waals surface area contributed by atoms with Gasteiger partial charge in [0, 0.05) is 29.9 Å². The third-order valence-corrected chi connectivity index (χ3v) is 5.64. The number of nitrogens with one attached hydrogen (secondary N) is 1. The van der Waals surface area contributed by atoms with Crippen LogP contribution in [-0.4, -0.2) is 43.7 Å². The molecule has 1 atom stereocenters. The highest BCUT2D eigenvalue weighted by Crippen LogP contribution is 2.24. The summed E-state index contributed by atoms with van der Waals surface area (Å²) in [5, 5.41) is 6.23. The Bertz CT molecular complexity index is 895. The second-order valence-electron chi connectivity index (χ2n) is 6.50. The minimum absolute atomic E-state index is 0.0152. The molecular weight excluding hydrogens is 348 g/mol. The van der Waals surface area contributed by atoms with Gasteiger partial charge in [-0.15, -0.1) is 11.3 Å². The number of thiophene rings is 1. The number of hydrogen-bond donors (Lipinski definition) is 1. The van der Waals surface area contributed by atoms with E-state index < -0.39 is 0 Å². The van der Waals surface area contributed by atoms with Crippen LogP contribution in [0.5, 0.6) is 0 Å². The van der Waals surface area contributed by atoms with Gasteiger partial charge in [-0.25, -0.2) is 0 Å². The number of nitrogens with zero attached hydrogens (tertiary/aromatic N) is 1. The molecule has 0 aliphatic carbocycles. The van der Waals surface area contributed by atoms with E-state index in [0.29, 0.717) is 25.3 Å². The molecule has 1 unspecified atom stereocenters. The summed E-state index contributed by atoms with van der Waals surface area (Å²) in [5.74, 6) is 1.71. The van der Waals surface area contributed by atoms with Gasteiger partial charge in [0.25, 0.3) is 5.91 Å². The molecule has 1 aromatic carbocycles. The Labute approximate surface area is 156 Å². The number of hydrogen-bond acceptors (Lipinski definition) is 5. The predicted octanol–water partition coefficient (Wildman–Crippen LogP) is 3.61. The molecule has 0 spiro atoms. The fourth-order valence-corrected chi connectivity index (χ4v) is 4.10. The number of aryl methyl sites for hydroxylation is 1. The Morgan fingerprint density at radius 1 is 1.23 bits per heavy atom. The molecule has 5 nitrogen and oxygen atoms in total. The average Bonchev–Trinajstić information content (AvgIpc) is 3.31. The van der Waals surface area contributed by atoms with Crippen molar-refractivity contribution < 1.29 is 13.9 Å². The van der Waals surface area contributed by atoms with Crippen LogP contribution in [0.1, 0.15) is 27.9 Å². The number of morpholine rings is 1. The topological polar surface area (TPSA) is 54.7 Å². The van der Waals surface area contributed by atoms with Crippen LogP contribution in [-0.2, 0) is 4.74 Å². The Kier molecular flexibility index (Phi) is 5.06. The first-order chi connectivity index (χ1) is 12.7. The maximum atomic E-state index is 12.7. The summed E-state index contributed by atoms with van der Waals surface area (Å²) in [5.41, 5.74) is 0.687. The number of carbonyl (C=O) groups is 1. The summed E-state index contributed by atoms with van der Waals surface area (Å²) in [4.78, 5) is 15.0. The van der Waals surface area contributed by atoms with E-state index in [4.69, 9.17) is 9.15 Å². The van der Waals surface area contributed by atoms with Crippen molar-refractivity contribution in [3.05, 3.63) is 58.9 Å². The zero-order valence-electron chi connectivity index (χ0n) is 14.7. The lowest BCUT2D eigenvalue weighted by Crippen LogP contribution is -2.43. The molecule has 1 saturated heterocycles. The molecule has 26 heavy (non-hydrogen) atoms. The van der Waals surface area contributed by atoms with Gasteiger partial charge in [-0.3, -0.25) is 9.69 Å². The minimum Gasteiger partial charge on any atom is -0.465 e. The van der Waals surface area contributed by atoms with E-state index in [1.807, 2.05) is 48.7 Å². The summed E-state index contributed by atoms with van der Waals surface area (Å²) in [6, 6.07) is 11.9. The molecule has 0 saturated carbocycles. The van der Waals surface area contributed by atoms with Crippen molar-refractivity contribution in [1.82, 2.24) is 10.2 Å². The first-order valence-corrected chi connectivity index (χ1v) is 9.72. The third-order valence-electron chi connectivity index (χ3n) is 4.75. The molecule has 6 heteroatoms. The minimum atomic E-state index is -0.0559. The largest absolute Gasteiger partial charge is 0.465 e. The summed E-state index contributed by atoms with van der Waals surface area (Å²) < 4.78 is 12.5. The van der Waals surface area contributed by atoms with Crippen molar-refractivity contribution in [3.63, 3.8) is 0 Å². The van der Waals surface area contributed by atoms with Crippen molar-refractivity contribution in [2.75, 3.05) is 32.8 Å². The van der Waals surface area contributed by atoms with Crippen LogP contribution in [0.4, 0.5) is 0 Å². The van der Waals surface area contributed by atoms with E-state index in [-0.39, 0.29) is 11.9 Å². The van der Waals surface area contributed by atoms with Crippen molar-refractivity contribution in [2.45, 2.75) is 13.0 Å². The van der Waals surface area contributed by atoms with E-state index in [2.05, 4.69) is 10.2 Å². The van der Waals surface area contributed by atoms with Gasteiger partial charge in [0.05, 0.1) is 19.3 Å². The van der Waals surface area contributed by atoms with Crippen LogP contribution in [0.3, 0.4) is 0 Å². The molecule has 1 aliphatic heterocycles. The monoisotopic (exact) mass is 370 g/mol. The molecule has 1 aliphatic rings. The number of fused-ring (bicyclic) bond motifs is 1. The molecular formula is C20H22N2O3S. The van der Waals surface area contributed by atoms with Gasteiger partial charge in [0.15, 0.2) is 0 Å². The molecule has 3 aromatic rings. The average molecular weight is 370 g/mol. The van der Waals surface area contributed by atoms with Gasteiger partial charge in [-0.05, 0) is 54.1 Å². The first-order valence-electron chi connectivity index (χ1n) is 8.84. The molecule has 3 heterocycles. The predicted molar refractivity (Wildman–Crippen MR) is 103 cm³/mol. The summed E-state index contributed by atoms with van der Waals surface area (Å²) in [7, 11) is 0. The fraction of sp³-hybridized carbons (Fsp3) is 0.350.